The Bertz CT molecular complexity index is 3510. The minimum absolute atomic E-state index is 0.463. The summed E-state index contributed by atoms with van der Waals surface area (Å²) >= 11 is 0. The molecule has 1 spiro atoms. The zero-order valence-electron chi connectivity index (χ0n) is 34.2. The highest BCUT2D eigenvalue weighted by molar-refractivity contribution is 6.10. The number of hydrogen-bond donors (Lipinski definition) is 0. The topological polar surface area (TPSA) is 34.0 Å². The molecule has 2 aliphatic carbocycles. The number of para-hydroxylation sites is 3. The molecule has 2 heterocycles. The van der Waals surface area contributed by atoms with E-state index in [1.54, 1.807) is 0 Å². The van der Waals surface area contributed by atoms with Crippen molar-refractivity contribution in [1.82, 2.24) is 14.5 Å². The van der Waals surface area contributed by atoms with E-state index in [9.17, 15) is 0 Å². The molecule has 63 heavy (non-hydrogen) atoms. The van der Waals surface area contributed by atoms with Gasteiger partial charge < -0.3 is 9.47 Å². The van der Waals surface area contributed by atoms with Crippen molar-refractivity contribution in [3.8, 4) is 50.5 Å². The molecule has 294 valence electrons. The molecule has 0 radical (unpaired) electrons. The standard InChI is InChI=1S/C59H38N4/c1-3-16-42(17-4-1)62(44-29-31-49-48-22-9-13-26-54(48)59(55(49)38-44)52-24-11-7-20-46(52)47-21-8-12-25-53(47)59)45-35-40(34-41(36-45)58-60-32-15-33-61-58)39-28-30-51-50-23-10-14-27-56(50)63(57(51)37-39)43-18-5-2-6-19-43/h1-38H. The second-order valence-electron chi connectivity index (χ2n) is 16.5. The van der Waals surface area contributed by atoms with Crippen molar-refractivity contribution in [1.29, 1.82) is 0 Å². The fourth-order valence-corrected chi connectivity index (χ4v) is 10.7. The summed E-state index contributed by atoms with van der Waals surface area (Å²) in [7, 11) is 0. The number of anilines is 3. The Morgan fingerprint density at radius 3 is 1.62 bits per heavy atom. The predicted molar refractivity (Wildman–Crippen MR) is 258 cm³/mol. The average Bonchev–Trinajstić information content (AvgIpc) is 3.96. The summed E-state index contributed by atoms with van der Waals surface area (Å²) in [4.78, 5) is 12.0. The summed E-state index contributed by atoms with van der Waals surface area (Å²) in [5.74, 6) is 0.676. The first-order valence-electron chi connectivity index (χ1n) is 21.6. The first-order chi connectivity index (χ1) is 31.3. The van der Waals surface area contributed by atoms with Crippen LogP contribution in [0.15, 0.2) is 231 Å². The Balaban J connectivity index is 1.06. The minimum atomic E-state index is -0.463. The fraction of sp³-hybridized carbons (Fsp3) is 0.0169. The van der Waals surface area contributed by atoms with Crippen molar-refractivity contribution in [3.05, 3.63) is 253 Å². The molecule has 0 atom stereocenters. The molecular weight excluding hydrogens is 765 g/mol. The van der Waals surface area contributed by atoms with Gasteiger partial charge in [0.25, 0.3) is 0 Å². The Hall–Kier alpha value is -8.34. The van der Waals surface area contributed by atoms with E-state index in [1.807, 2.05) is 18.5 Å². The number of aromatic nitrogens is 3. The second kappa shape index (κ2) is 13.8. The molecule has 0 amide bonds. The Morgan fingerprint density at radius 1 is 0.349 bits per heavy atom. The van der Waals surface area contributed by atoms with E-state index < -0.39 is 5.41 Å². The number of benzene rings is 9. The Kier molecular flexibility index (Phi) is 7.79. The van der Waals surface area contributed by atoms with Crippen LogP contribution in [0.5, 0.6) is 0 Å². The van der Waals surface area contributed by atoms with E-state index in [2.05, 4.69) is 222 Å². The Labute approximate surface area is 365 Å². The number of hydrogen-bond acceptors (Lipinski definition) is 3. The minimum Gasteiger partial charge on any atom is -0.310 e. The van der Waals surface area contributed by atoms with Gasteiger partial charge in [-0.1, -0.05) is 146 Å². The van der Waals surface area contributed by atoms with Gasteiger partial charge in [-0.2, -0.15) is 0 Å². The van der Waals surface area contributed by atoms with E-state index >= 15 is 0 Å². The molecule has 13 rings (SSSR count). The summed E-state index contributed by atoms with van der Waals surface area (Å²) in [6.07, 6.45) is 3.64. The molecule has 11 aromatic rings. The third-order valence-corrected chi connectivity index (χ3v) is 13.3. The quantitative estimate of drug-likeness (QED) is 0.168. The lowest BCUT2D eigenvalue weighted by Gasteiger charge is -2.32. The molecule has 4 heteroatoms. The van der Waals surface area contributed by atoms with Gasteiger partial charge in [0.05, 0.1) is 16.4 Å². The van der Waals surface area contributed by atoms with Crippen molar-refractivity contribution in [2.45, 2.75) is 5.41 Å². The van der Waals surface area contributed by atoms with Gasteiger partial charge in [-0.3, -0.25) is 0 Å². The lowest BCUT2D eigenvalue weighted by Crippen LogP contribution is -2.26. The molecule has 2 aromatic heterocycles. The van der Waals surface area contributed by atoms with Gasteiger partial charge in [-0.15, -0.1) is 0 Å². The maximum Gasteiger partial charge on any atom is 0.159 e. The van der Waals surface area contributed by atoms with Crippen LogP contribution in [0.2, 0.25) is 0 Å². The van der Waals surface area contributed by atoms with Crippen LogP contribution >= 0.6 is 0 Å². The van der Waals surface area contributed by atoms with Crippen LogP contribution < -0.4 is 4.90 Å². The highest BCUT2D eigenvalue weighted by atomic mass is 15.1. The molecule has 0 N–H and O–H groups in total. The summed E-state index contributed by atoms with van der Waals surface area (Å²) < 4.78 is 2.38. The van der Waals surface area contributed by atoms with E-state index in [4.69, 9.17) is 9.97 Å². The number of fused-ring (bicyclic) bond motifs is 13. The third kappa shape index (κ3) is 5.22. The van der Waals surface area contributed by atoms with Gasteiger partial charge in [0.15, 0.2) is 5.82 Å². The average molecular weight is 803 g/mol. The third-order valence-electron chi connectivity index (χ3n) is 13.3. The highest BCUT2D eigenvalue weighted by Gasteiger charge is 2.51. The summed E-state index contributed by atoms with van der Waals surface area (Å²) in [5.41, 5.74) is 19.7. The monoisotopic (exact) mass is 802 g/mol. The molecular formula is C59H38N4. The van der Waals surface area contributed by atoms with E-state index in [0.717, 1.165) is 45.0 Å². The molecule has 4 nitrogen and oxygen atoms in total. The van der Waals surface area contributed by atoms with Crippen molar-refractivity contribution < 1.29 is 0 Å². The van der Waals surface area contributed by atoms with Gasteiger partial charge in [0.1, 0.15) is 0 Å². The van der Waals surface area contributed by atoms with Gasteiger partial charge >= 0.3 is 0 Å². The maximum absolute atomic E-state index is 4.79. The summed E-state index contributed by atoms with van der Waals surface area (Å²) in [5, 5.41) is 2.45. The van der Waals surface area contributed by atoms with Crippen LogP contribution in [-0.4, -0.2) is 14.5 Å². The van der Waals surface area contributed by atoms with Gasteiger partial charge in [0, 0.05) is 51.5 Å². The van der Waals surface area contributed by atoms with E-state index in [1.165, 1.54) is 60.8 Å². The van der Waals surface area contributed by atoms with Crippen LogP contribution in [0.1, 0.15) is 22.3 Å². The molecule has 0 fully saturated rings. The zero-order chi connectivity index (χ0) is 41.5. The summed E-state index contributed by atoms with van der Waals surface area (Å²) in [6.45, 7) is 0. The molecule has 9 aromatic carbocycles. The largest absolute Gasteiger partial charge is 0.310 e. The van der Waals surface area contributed by atoms with Crippen LogP contribution in [0.3, 0.4) is 0 Å². The van der Waals surface area contributed by atoms with E-state index in [-0.39, 0.29) is 0 Å². The molecule has 2 aliphatic rings. The summed E-state index contributed by atoms with van der Waals surface area (Å²) in [6, 6.07) is 79.7. The van der Waals surface area contributed by atoms with Crippen molar-refractivity contribution in [2.75, 3.05) is 4.90 Å². The van der Waals surface area contributed by atoms with Crippen LogP contribution in [0.25, 0.3) is 72.3 Å². The lowest BCUT2D eigenvalue weighted by molar-refractivity contribution is 0.793. The molecule has 0 saturated heterocycles. The van der Waals surface area contributed by atoms with Gasteiger partial charge in [0.2, 0.25) is 0 Å². The second-order valence-corrected chi connectivity index (χ2v) is 16.5. The van der Waals surface area contributed by atoms with Crippen LogP contribution in [0, 0.1) is 0 Å². The normalized spacial score (nSPS) is 12.9. The first kappa shape index (κ1) is 35.4. The predicted octanol–water partition coefficient (Wildman–Crippen LogP) is 14.7. The Morgan fingerprint density at radius 2 is 0.921 bits per heavy atom. The molecule has 0 unspecified atom stereocenters. The van der Waals surface area contributed by atoms with E-state index in [0.29, 0.717) is 5.82 Å². The van der Waals surface area contributed by atoms with Crippen LogP contribution in [-0.2, 0) is 5.41 Å². The molecule has 0 bridgehead atoms. The van der Waals surface area contributed by atoms with Crippen molar-refractivity contribution in [3.63, 3.8) is 0 Å². The van der Waals surface area contributed by atoms with Crippen molar-refractivity contribution in [2.24, 2.45) is 0 Å². The van der Waals surface area contributed by atoms with Gasteiger partial charge in [-0.25, -0.2) is 9.97 Å². The van der Waals surface area contributed by atoms with Gasteiger partial charge in [-0.05, 0) is 128 Å². The molecule has 0 aliphatic heterocycles. The first-order valence-corrected chi connectivity index (χ1v) is 21.6. The molecule has 0 saturated carbocycles. The zero-order valence-corrected chi connectivity index (χ0v) is 34.2. The number of nitrogens with zero attached hydrogens (tertiary/aromatic N) is 4. The SMILES string of the molecule is c1ccc(N(c2cc(-c3ccc4c5ccccc5n(-c5ccccc5)c4c3)cc(-c3ncccn3)c2)c2ccc3c(c2)C2(c4ccccc4-c4ccccc42)c2ccccc2-3)cc1. The highest BCUT2D eigenvalue weighted by Crippen LogP contribution is 2.63. The van der Waals surface area contributed by atoms with Crippen molar-refractivity contribution >= 4 is 38.9 Å². The van der Waals surface area contributed by atoms with Crippen LogP contribution in [0.4, 0.5) is 17.1 Å². The lowest BCUT2D eigenvalue weighted by atomic mass is 9.70. The maximum atomic E-state index is 4.79. The fourth-order valence-electron chi connectivity index (χ4n) is 10.7. The number of rotatable bonds is 6. The smallest absolute Gasteiger partial charge is 0.159 e.